The molecule has 0 heterocycles. The van der Waals surface area contributed by atoms with Crippen LogP contribution in [0, 0.1) is 19.8 Å². The second-order valence-corrected chi connectivity index (χ2v) is 9.14. The number of alkyl halides is 1. The molecule has 31 heavy (non-hydrogen) atoms. The fraction of sp³-hybridized carbons (Fsp3) is 0.440. The molecule has 166 valence electrons. The molecule has 0 saturated heterocycles. The van der Waals surface area contributed by atoms with Crippen molar-refractivity contribution in [2.24, 2.45) is 5.92 Å². The number of amides is 2. The van der Waals surface area contributed by atoms with E-state index >= 15 is 0 Å². The second-order valence-electron chi connectivity index (χ2n) is 8.47. The maximum absolute atomic E-state index is 13.7. The molecule has 3 rings (SSSR count). The van der Waals surface area contributed by atoms with Crippen molar-refractivity contribution in [2.45, 2.75) is 58.5 Å². The minimum absolute atomic E-state index is 0.0824. The highest BCUT2D eigenvalue weighted by Crippen LogP contribution is 2.34. The molecule has 1 saturated carbocycles. The quantitative estimate of drug-likeness (QED) is 0.540. The lowest BCUT2D eigenvalue weighted by Crippen LogP contribution is -2.49. The highest BCUT2D eigenvalue weighted by molar-refractivity contribution is 6.32. The summed E-state index contributed by atoms with van der Waals surface area (Å²) in [7, 11) is 0. The van der Waals surface area contributed by atoms with E-state index in [1.165, 1.54) is 11.3 Å². The number of hydrogen-bond acceptors (Lipinski definition) is 2. The first-order valence-electron chi connectivity index (χ1n) is 10.8. The van der Waals surface area contributed by atoms with Crippen molar-refractivity contribution in [1.82, 2.24) is 5.32 Å². The zero-order chi connectivity index (χ0) is 22.5. The van der Waals surface area contributed by atoms with Gasteiger partial charge in [0.05, 0.1) is 0 Å². The van der Waals surface area contributed by atoms with E-state index in [2.05, 4.69) is 12.2 Å². The van der Waals surface area contributed by atoms with Gasteiger partial charge in [-0.15, -0.1) is 11.6 Å². The van der Waals surface area contributed by atoms with Crippen LogP contribution in [0.2, 0.25) is 5.02 Å². The molecule has 1 aliphatic rings. The second kappa shape index (κ2) is 10.5. The highest BCUT2D eigenvalue weighted by atomic mass is 35.5. The Balaban J connectivity index is 2.07. The zero-order valence-electron chi connectivity index (χ0n) is 18.3. The van der Waals surface area contributed by atoms with Gasteiger partial charge in [-0.25, -0.2) is 0 Å². The van der Waals surface area contributed by atoms with Crippen molar-refractivity contribution in [2.75, 3.05) is 10.8 Å². The summed E-state index contributed by atoms with van der Waals surface area (Å²) in [5, 5.41) is 3.66. The number of hydrogen-bond donors (Lipinski definition) is 1. The van der Waals surface area contributed by atoms with Crippen molar-refractivity contribution in [3.8, 4) is 0 Å². The molecule has 0 radical (unpaired) electrons. The summed E-state index contributed by atoms with van der Waals surface area (Å²) in [6.07, 6.45) is 4.30. The molecular weight excluding hydrogens is 431 g/mol. The van der Waals surface area contributed by atoms with Crippen molar-refractivity contribution < 1.29 is 9.59 Å². The number of carbonyl (C=O) groups is 2. The van der Waals surface area contributed by atoms with Gasteiger partial charge in [-0.05, 0) is 61.9 Å². The molecule has 3 atom stereocenters. The summed E-state index contributed by atoms with van der Waals surface area (Å²) in [5.74, 6) is -0.422. The molecule has 1 fully saturated rings. The third kappa shape index (κ3) is 5.42. The number of aryl methyl sites for hydroxylation is 2. The Morgan fingerprint density at radius 3 is 2.45 bits per heavy atom. The standard InChI is InChI=1S/C25H30Cl2N2O2/c1-16-12-13-19(14-18(16)3)29(23(30)15-26)24(20-9-5-6-10-21(20)27)25(31)28-22-11-7-4-8-17(22)2/h5-6,9-10,12-14,17,22,24H,4,7-8,11,15H2,1-3H3,(H,28,31)/t17-,22+,24+/m1/s1. The summed E-state index contributed by atoms with van der Waals surface area (Å²) in [6, 6.07) is 12.1. The summed E-state index contributed by atoms with van der Waals surface area (Å²) in [4.78, 5) is 28.2. The number of nitrogens with zero attached hydrogens (tertiary/aromatic N) is 1. The summed E-state index contributed by atoms with van der Waals surface area (Å²) >= 11 is 12.5. The van der Waals surface area contributed by atoms with Crippen LogP contribution < -0.4 is 10.2 Å². The molecule has 0 aromatic heterocycles. The van der Waals surface area contributed by atoms with Crippen LogP contribution in [0.25, 0.3) is 0 Å². The lowest BCUT2D eigenvalue weighted by molar-refractivity contribution is -0.126. The molecule has 1 aliphatic carbocycles. The summed E-state index contributed by atoms with van der Waals surface area (Å²) in [6.45, 7) is 6.16. The van der Waals surface area contributed by atoms with E-state index in [0.717, 1.165) is 30.4 Å². The molecule has 0 bridgehead atoms. The fourth-order valence-corrected chi connectivity index (χ4v) is 4.63. The summed E-state index contributed by atoms with van der Waals surface area (Å²) < 4.78 is 0. The van der Waals surface area contributed by atoms with Gasteiger partial charge in [0.2, 0.25) is 11.8 Å². The Labute approximate surface area is 194 Å². The van der Waals surface area contributed by atoms with Crippen LogP contribution in [0.15, 0.2) is 42.5 Å². The average Bonchev–Trinajstić information content (AvgIpc) is 2.76. The minimum atomic E-state index is -0.906. The number of anilines is 1. The van der Waals surface area contributed by atoms with Crippen molar-refractivity contribution in [3.63, 3.8) is 0 Å². The minimum Gasteiger partial charge on any atom is -0.351 e. The average molecular weight is 461 g/mol. The van der Waals surface area contributed by atoms with Gasteiger partial charge in [0.25, 0.3) is 0 Å². The van der Waals surface area contributed by atoms with E-state index in [0.29, 0.717) is 22.2 Å². The maximum atomic E-state index is 13.7. The Kier molecular flexibility index (Phi) is 8.01. The van der Waals surface area contributed by atoms with Crippen LogP contribution in [-0.2, 0) is 9.59 Å². The molecule has 1 N–H and O–H groups in total. The summed E-state index contributed by atoms with van der Waals surface area (Å²) in [5.41, 5.74) is 3.35. The molecule has 4 nitrogen and oxygen atoms in total. The third-order valence-corrected chi connectivity index (χ3v) is 6.87. The number of nitrogens with one attached hydrogen (secondary N) is 1. The van der Waals surface area contributed by atoms with Crippen LogP contribution in [-0.4, -0.2) is 23.7 Å². The molecule has 2 aromatic carbocycles. The first-order valence-corrected chi connectivity index (χ1v) is 11.7. The van der Waals surface area contributed by atoms with E-state index in [4.69, 9.17) is 23.2 Å². The topological polar surface area (TPSA) is 49.4 Å². The van der Waals surface area contributed by atoms with Crippen LogP contribution in [0.5, 0.6) is 0 Å². The normalized spacial score (nSPS) is 19.5. The van der Waals surface area contributed by atoms with Gasteiger partial charge in [-0.3, -0.25) is 14.5 Å². The van der Waals surface area contributed by atoms with Gasteiger partial charge in [0.15, 0.2) is 0 Å². The molecule has 2 aromatic rings. The molecule has 0 aliphatic heterocycles. The molecule has 6 heteroatoms. The fourth-order valence-electron chi connectivity index (χ4n) is 4.26. The predicted octanol–water partition coefficient (Wildman–Crippen LogP) is 5.96. The Bertz CT molecular complexity index is 947. The molecular formula is C25H30Cl2N2O2. The lowest BCUT2D eigenvalue weighted by Gasteiger charge is -2.35. The number of benzene rings is 2. The van der Waals surface area contributed by atoms with Gasteiger partial charge in [0.1, 0.15) is 11.9 Å². The monoisotopic (exact) mass is 460 g/mol. The van der Waals surface area contributed by atoms with Gasteiger partial charge in [-0.1, -0.05) is 55.6 Å². The van der Waals surface area contributed by atoms with E-state index in [9.17, 15) is 9.59 Å². The van der Waals surface area contributed by atoms with Crippen molar-refractivity contribution in [3.05, 3.63) is 64.2 Å². The van der Waals surface area contributed by atoms with Gasteiger partial charge < -0.3 is 5.32 Å². The zero-order valence-corrected chi connectivity index (χ0v) is 19.8. The highest BCUT2D eigenvalue weighted by Gasteiger charge is 2.35. The number of halogens is 2. The van der Waals surface area contributed by atoms with Crippen LogP contribution >= 0.6 is 23.2 Å². The first-order chi connectivity index (χ1) is 14.8. The van der Waals surface area contributed by atoms with Crippen molar-refractivity contribution >= 4 is 40.7 Å². The largest absolute Gasteiger partial charge is 0.351 e. The molecule has 2 amide bonds. The van der Waals surface area contributed by atoms with Crippen LogP contribution in [0.1, 0.15) is 55.3 Å². The maximum Gasteiger partial charge on any atom is 0.248 e. The van der Waals surface area contributed by atoms with Gasteiger partial charge >= 0.3 is 0 Å². The Morgan fingerprint density at radius 2 is 1.81 bits per heavy atom. The number of carbonyl (C=O) groups excluding carboxylic acids is 2. The Hall–Kier alpha value is -2.04. The molecule has 0 unspecified atom stereocenters. The van der Waals surface area contributed by atoms with E-state index in [-0.39, 0.29) is 23.7 Å². The van der Waals surface area contributed by atoms with Crippen molar-refractivity contribution in [1.29, 1.82) is 0 Å². The van der Waals surface area contributed by atoms with E-state index in [1.807, 2.05) is 44.2 Å². The first kappa shape index (κ1) is 23.6. The lowest BCUT2D eigenvalue weighted by atomic mass is 9.85. The van der Waals surface area contributed by atoms with Gasteiger partial charge in [-0.2, -0.15) is 0 Å². The van der Waals surface area contributed by atoms with E-state index < -0.39 is 6.04 Å². The van der Waals surface area contributed by atoms with Crippen LogP contribution in [0.4, 0.5) is 5.69 Å². The number of rotatable bonds is 6. The Morgan fingerprint density at radius 1 is 1.10 bits per heavy atom. The smallest absolute Gasteiger partial charge is 0.248 e. The SMILES string of the molecule is Cc1ccc(N(C(=O)CCl)[C@H](C(=O)N[C@H]2CCCC[C@H]2C)c2ccccc2Cl)cc1C. The van der Waals surface area contributed by atoms with Gasteiger partial charge in [0, 0.05) is 22.3 Å². The van der Waals surface area contributed by atoms with Crippen LogP contribution in [0.3, 0.4) is 0 Å². The molecule has 0 spiro atoms. The van der Waals surface area contributed by atoms with E-state index in [1.54, 1.807) is 12.1 Å². The predicted molar refractivity (Wildman–Crippen MR) is 128 cm³/mol. The third-order valence-electron chi connectivity index (χ3n) is 6.30.